The molecule has 0 atom stereocenters. The average molecular weight is 132 g/mol. The number of hydrogen-bond acceptors (Lipinski definition) is 1. The second-order valence-corrected chi connectivity index (χ2v) is 0. The van der Waals surface area contributed by atoms with E-state index in [0.29, 0.717) is 0 Å². The van der Waals surface area contributed by atoms with Crippen molar-refractivity contribution in [1.29, 1.82) is 0 Å². The van der Waals surface area contributed by atoms with Gasteiger partial charge in [-0.1, -0.05) is 0 Å². The summed E-state index contributed by atoms with van der Waals surface area (Å²) in [5, 5.41) is 0. The minimum atomic E-state index is 0. The van der Waals surface area contributed by atoms with Crippen LogP contribution in [0.15, 0.2) is 0 Å². The van der Waals surface area contributed by atoms with Crippen LogP contribution in [0.5, 0.6) is 0 Å². The summed E-state index contributed by atoms with van der Waals surface area (Å²) in [4.78, 5) is 8.00. The zero-order chi connectivity index (χ0) is 2.00. The molecule has 0 unspecified atom stereocenters. The Balaban J connectivity index is -0.00000000500. The van der Waals surface area contributed by atoms with Crippen molar-refractivity contribution in [2.45, 2.75) is 0 Å². The van der Waals surface area contributed by atoms with Crippen molar-refractivity contribution in [2.75, 3.05) is 0 Å². The number of halogens is 1. The quantitative estimate of drug-likeness (QED) is 0.431. The van der Waals surface area contributed by atoms with E-state index < -0.39 is 0 Å². The molecular formula is CH3ClOZn. The van der Waals surface area contributed by atoms with Crippen molar-refractivity contribution in [3.8, 4) is 0 Å². The van der Waals surface area contributed by atoms with Gasteiger partial charge in [0.15, 0.2) is 0 Å². The van der Waals surface area contributed by atoms with Crippen molar-refractivity contribution >= 4 is 19.2 Å². The second kappa shape index (κ2) is 70.3. The Morgan fingerprint density at radius 2 is 1.25 bits per heavy atom. The van der Waals surface area contributed by atoms with Gasteiger partial charge in [0.05, 0.1) is 0 Å². The Morgan fingerprint density at radius 1 is 1.25 bits per heavy atom. The fourth-order valence-electron chi connectivity index (χ4n) is 0. The smallest absolute Gasteiger partial charge is 0.106 e. The van der Waals surface area contributed by atoms with Crippen LogP contribution in [0, 0.1) is 0 Å². The molecule has 0 aromatic heterocycles. The molecular weight excluding hydrogens is 129 g/mol. The minimum Gasteiger partial charge on any atom is -0.307 e. The number of rotatable bonds is 0. The summed E-state index contributed by atoms with van der Waals surface area (Å²) in [6.45, 7) is 2.00. The first kappa shape index (κ1) is 23.5. The molecule has 0 aliphatic rings. The molecule has 0 aromatic rings. The third-order valence-electron chi connectivity index (χ3n) is 0. The van der Waals surface area contributed by atoms with Gasteiger partial charge in [-0.15, -0.1) is 12.4 Å². The van der Waals surface area contributed by atoms with E-state index in [2.05, 4.69) is 0 Å². The van der Waals surface area contributed by atoms with Crippen LogP contribution in [-0.2, 0) is 24.3 Å². The normalized spacial score (nSPS) is 1.00. The average Bonchev–Trinajstić information content (AvgIpc) is 1.00. The van der Waals surface area contributed by atoms with E-state index in [1.54, 1.807) is 0 Å². The molecule has 0 saturated heterocycles. The Bertz CT molecular complexity index is 8.00. The van der Waals surface area contributed by atoms with Crippen molar-refractivity contribution < 1.29 is 24.3 Å². The van der Waals surface area contributed by atoms with E-state index in [1.807, 2.05) is 6.79 Å². The fourth-order valence-corrected chi connectivity index (χ4v) is 0. The molecule has 0 aromatic carbocycles. The van der Waals surface area contributed by atoms with Crippen LogP contribution < -0.4 is 0 Å². The molecule has 1 nitrogen and oxygen atoms in total. The molecule has 3 heteroatoms. The van der Waals surface area contributed by atoms with E-state index in [9.17, 15) is 0 Å². The van der Waals surface area contributed by atoms with Gasteiger partial charge in [0.1, 0.15) is 6.79 Å². The minimum absolute atomic E-state index is 0. The van der Waals surface area contributed by atoms with Crippen LogP contribution in [0.1, 0.15) is 0 Å². The molecule has 22 valence electrons. The van der Waals surface area contributed by atoms with Gasteiger partial charge in [-0.3, -0.25) is 0 Å². The zero-order valence-electron chi connectivity index (χ0n) is 2.23. The Hall–Kier alpha value is 0.583. The van der Waals surface area contributed by atoms with Gasteiger partial charge in [0.25, 0.3) is 0 Å². The molecule has 0 N–H and O–H groups in total. The third-order valence-corrected chi connectivity index (χ3v) is 0. The standard InChI is InChI=1S/CH2O.ClH.Zn/c1-2;;/h1H2;1H;. The van der Waals surface area contributed by atoms with E-state index in [0.717, 1.165) is 0 Å². The summed E-state index contributed by atoms with van der Waals surface area (Å²) >= 11 is 0. The second-order valence-electron chi connectivity index (χ2n) is 0. The topological polar surface area (TPSA) is 17.1 Å². The van der Waals surface area contributed by atoms with Crippen molar-refractivity contribution in [3.05, 3.63) is 0 Å². The first-order valence-corrected chi connectivity index (χ1v) is 0.289. The summed E-state index contributed by atoms with van der Waals surface area (Å²) in [5.41, 5.74) is 0. The molecule has 0 heterocycles. The van der Waals surface area contributed by atoms with Gasteiger partial charge in [0, 0.05) is 19.5 Å². The maximum Gasteiger partial charge on any atom is 0.106 e. The maximum atomic E-state index is 8.00. The Labute approximate surface area is 43.9 Å². The summed E-state index contributed by atoms with van der Waals surface area (Å²) in [7, 11) is 0. The van der Waals surface area contributed by atoms with Crippen molar-refractivity contribution in [1.82, 2.24) is 0 Å². The first-order valence-electron chi connectivity index (χ1n) is 0.289. The molecule has 0 rings (SSSR count). The summed E-state index contributed by atoms with van der Waals surface area (Å²) in [6.07, 6.45) is 0. The van der Waals surface area contributed by atoms with Crippen LogP contribution in [0.25, 0.3) is 0 Å². The van der Waals surface area contributed by atoms with E-state index in [1.165, 1.54) is 0 Å². The number of carbonyl (C=O) groups is 1. The Morgan fingerprint density at radius 3 is 1.25 bits per heavy atom. The van der Waals surface area contributed by atoms with Gasteiger partial charge in [-0.05, 0) is 0 Å². The van der Waals surface area contributed by atoms with Crippen molar-refractivity contribution in [2.24, 2.45) is 0 Å². The zero-order valence-corrected chi connectivity index (χ0v) is 6.01. The first-order chi connectivity index (χ1) is 1.00. The number of hydrogen-bond donors (Lipinski definition) is 0. The molecule has 0 fully saturated rings. The predicted octanol–water partition coefficient (Wildman–Crippen LogP) is 0.234. The van der Waals surface area contributed by atoms with Gasteiger partial charge in [0.2, 0.25) is 0 Å². The monoisotopic (exact) mass is 130 g/mol. The van der Waals surface area contributed by atoms with Crippen LogP contribution in [0.4, 0.5) is 0 Å². The van der Waals surface area contributed by atoms with Crippen molar-refractivity contribution in [3.63, 3.8) is 0 Å². The Kier molecular flexibility index (Phi) is 412. The molecule has 0 radical (unpaired) electrons. The molecule has 0 spiro atoms. The maximum absolute atomic E-state index is 8.00. The third kappa shape index (κ3) is 19.0. The van der Waals surface area contributed by atoms with Crippen LogP contribution in [0.2, 0.25) is 0 Å². The van der Waals surface area contributed by atoms with Crippen LogP contribution in [0.3, 0.4) is 0 Å². The van der Waals surface area contributed by atoms with E-state index in [-0.39, 0.29) is 31.9 Å². The predicted molar refractivity (Wildman–Crippen MR) is 14.4 cm³/mol. The molecule has 4 heavy (non-hydrogen) atoms. The van der Waals surface area contributed by atoms with Gasteiger partial charge >= 0.3 is 0 Å². The number of carbonyl (C=O) groups excluding carboxylic acids is 1. The molecule has 0 aliphatic carbocycles. The van der Waals surface area contributed by atoms with E-state index in [4.69, 9.17) is 4.79 Å². The van der Waals surface area contributed by atoms with Gasteiger partial charge < -0.3 is 4.79 Å². The van der Waals surface area contributed by atoms with Gasteiger partial charge in [-0.25, -0.2) is 0 Å². The molecule has 0 amide bonds. The summed E-state index contributed by atoms with van der Waals surface area (Å²) in [5.74, 6) is 0. The molecule has 0 aliphatic heterocycles. The van der Waals surface area contributed by atoms with Crippen LogP contribution >= 0.6 is 12.4 Å². The molecule has 0 bridgehead atoms. The largest absolute Gasteiger partial charge is 0.307 e. The summed E-state index contributed by atoms with van der Waals surface area (Å²) < 4.78 is 0. The fraction of sp³-hybridized carbons (Fsp3) is 0. The summed E-state index contributed by atoms with van der Waals surface area (Å²) in [6, 6.07) is 0. The van der Waals surface area contributed by atoms with Crippen LogP contribution in [-0.4, -0.2) is 6.79 Å². The van der Waals surface area contributed by atoms with Gasteiger partial charge in [-0.2, -0.15) is 0 Å². The molecule has 0 saturated carbocycles. The SMILES string of the molecule is C=O.Cl.[Zn]. The van der Waals surface area contributed by atoms with E-state index >= 15 is 0 Å².